The average molecular weight is 442 g/mol. The number of ether oxygens (including phenoxy) is 1. The van der Waals surface area contributed by atoms with Gasteiger partial charge in [-0.15, -0.1) is 0 Å². The Morgan fingerprint density at radius 2 is 1.82 bits per heavy atom. The molecule has 28 heavy (non-hydrogen) atoms. The van der Waals surface area contributed by atoms with Crippen LogP contribution in [-0.4, -0.2) is 43.4 Å². The van der Waals surface area contributed by atoms with Crippen molar-refractivity contribution in [3.8, 4) is 5.75 Å². The second kappa shape index (κ2) is 8.72. The van der Waals surface area contributed by atoms with Gasteiger partial charge in [0.2, 0.25) is 0 Å². The molecule has 1 aliphatic rings. The first-order chi connectivity index (χ1) is 13.2. The molecule has 2 aromatic rings. The fourth-order valence-electron chi connectivity index (χ4n) is 3.23. The Labute approximate surface area is 175 Å². The van der Waals surface area contributed by atoms with Crippen molar-refractivity contribution in [2.75, 3.05) is 18.1 Å². The van der Waals surface area contributed by atoms with E-state index in [2.05, 4.69) is 0 Å². The molecule has 0 radical (unpaired) electrons. The summed E-state index contributed by atoms with van der Waals surface area (Å²) in [6.45, 7) is 1.98. The van der Waals surface area contributed by atoms with Crippen molar-refractivity contribution in [3.63, 3.8) is 0 Å². The summed E-state index contributed by atoms with van der Waals surface area (Å²) in [5.41, 5.74) is 1.71. The van der Waals surface area contributed by atoms with Crippen LogP contribution in [0.3, 0.4) is 0 Å². The Bertz CT molecular complexity index is 961. The minimum absolute atomic E-state index is 0.0215. The summed E-state index contributed by atoms with van der Waals surface area (Å²) in [7, 11) is -3.12. The molecule has 0 spiro atoms. The Morgan fingerprint density at radius 3 is 2.43 bits per heavy atom. The Kier molecular flexibility index (Phi) is 6.53. The van der Waals surface area contributed by atoms with Crippen LogP contribution in [0, 0.1) is 6.92 Å². The molecule has 0 saturated carbocycles. The number of halogens is 2. The minimum Gasteiger partial charge on any atom is -0.483 e. The van der Waals surface area contributed by atoms with Gasteiger partial charge in [-0.25, -0.2) is 8.42 Å². The van der Waals surface area contributed by atoms with E-state index in [1.807, 2.05) is 19.1 Å². The summed E-state index contributed by atoms with van der Waals surface area (Å²) in [5.74, 6) is 0.389. The van der Waals surface area contributed by atoms with Crippen molar-refractivity contribution < 1.29 is 17.9 Å². The Morgan fingerprint density at radius 1 is 1.14 bits per heavy atom. The number of carbonyl (C=O) groups is 1. The van der Waals surface area contributed by atoms with Gasteiger partial charge in [0.1, 0.15) is 5.75 Å². The van der Waals surface area contributed by atoms with E-state index in [0.717, 1.165) is 11.1 Å². The monoisotopic (exact) mass is 441 g/mol. The molecule has 1 fully saturated rings. The highest BCUT2D eigenvalue weighted by Crippen LogP contribution is 2.24. The van der Waals surface area contributed by atoms with E-state index in [9.17, 15) is 13.2 Å². The smallest absolute Gasteiger partial charge is 0.261 e. The van der Waals surface area contributed by atoms with E-state index in [4.69, 9.17) is 27.9 Å². The zero-order chi connectivity index (χ0) is 20.3. The van der Waals surface area contributed by atoms with Crippen molar-refractivity contribution in [3.05, 3.63) is 63.6 Å². The third kappa shape index (κ3) is 5.40. The maximum Gasteiger partial charge on any atom is 0.261 e. The van der Waals surface area contributed by atoms with Crippen LogP contribution in [-0.2, 0) is 21.2 Å². The molecule has 8 heteroatoms. The number of nitrogens with zero attached hydrogens (tertiary/aromatic N) is 1. The van der Waals surface area contributed by atoms with Gasteiger partial charge in [-0.1, -0.05) is 35.3 Å². The predicted octanol–water partition coefficient (Wildman–Crippen LogP) is 3.90. The zero-order valence-corrected chi connectivity index (χ0v) is 17.7. The number of carbonyl (C=O) groups excluding carboxylic acids is 1. The molecule has 0 aliphatic carbocycles. The highest BCUT2D eigenvalue weighted by molar-refractivity contribution is 7.91. The van der Waals surface area contributed by atoms with E-state index in [-0.39, 0.29) is 30.1 Å². The van der Waals surface area contributed by atoms with Gasteiger partial charge in [0, 0.05) is 22.6 Å². The lowest BCUT2D eigenvalue weighted by atomic mass is 10.1. The summed E-state index contributed by atoms with van der Waals surface area (Å²) in [6.07, 6.45) is 0.432. The van der Waals surface area contributed by atoms with Crippen LogP contribution in [0.15, 0.2) is 42.5 Å². The predicted molar refractivity (Wildman–Crippen MR) is 111 cm³/mol. The van der Waals surface area contributed by atoms with Gasteiger partial charge in [0.05, 0.1) is 11.5 Å². The number of benzene rings is 2. The van der Waals surface area contributed by atoms with Gasteiger partial charge in [-0.2, -0.15) is 0 Å². The molecule has 1 atom stereocenters. The third-order valence-corrected chi connectivity index (χ3v) is 6.96. The van der Waals surface area contributed by atoms with Crippen molar-refractivity contribution in [2.45, 2.75) is 25.9 Å². The van der Waals surface area contributed by atoms with Crippen LogP contribution >= 0.6 is 23.2 Å². The second-order valence-electron chi connectivity index (χ2n) is 6.90. The van der Waals surface area contributed by atoms with Gasteiger partial charge in [0.15, 0.2) is 16.4 Å². The van der Waals surface area contributed by atoms with Crippen LogP contribution in [0.1, 0.15) is 17.5 Å². The number of hydrogen-bond acceptors (Lipinski definition) is 4. The van der Waals surface area contributed by atoms with Gasteiger partial charge in [0.25, 0.3) is 5.91 Å². The van der Waals surface area contributed by atoms with Gasteiger partial charge in [-0.05, 0) is 54.8 Å². The SMILES string of the molecule is Cc1cc(Cl)ccc1OCC(=O)N(Cc1ccc(Cl)cc1)[C@H]1CCS(=O)(=O)C1. The molecule has 0 N–H and O–H groups in total. The van der Waals surface area contributed by atoms with Crippen molar-refractivity contribution in [1.29, 1.82) is 0 Å². The molecule has 2 aromatic carbocycles. The molecule has 1 amide bonds. The minimum atomic E-state index is -3.12. The van der Waals surface area contributed by atoms with Crippen LogP contribution in [0.25, 0.3) is 0 Å². The fourth-order valence-corrected chi connectivity index (χ4v) is 5.31. The molecule has 1 heterocycles. The number of sulfone groups is 1. The topological polar surface area (TPSA) is 63.7 Å². The summed E-state index contributed by atoms with van der Waals surface area (Å²) in [6, 6.07) is 12.0. The number of aryl methyl sites for hydroxylation is 1. The van der Waals surface area contributed by atoms with Crippen LogP contribution < -0.4 is 4.74 Å². The fraction of sp³-hybridized carbons (Fsp3) is 0.350. The molecule has 150 valence electrons. The lowest BCUT2D eigenvalue weighted by molar-refractivity contribution is -0.136. The van der Waals surface area contributed by atoms with Crippen LogP contribution in [0.2, 0.25) is 10.0 Å². The standard InChI is InChI=1S/C20H21Cl2NO4S/c1-14-10-17(22)6-7-19(14)27-12-20(24)23(18-8-9-28(25,26)13-18)11-15-2-4-16(21)5-3-15/h2-7,10,18H,8-9,11-13H2,1H3/t18-/m0/s1. The molecule has 5 nitrogen and oxygen atoms in total. The molecule has 3 rings (SSSR count). The normalized spacial score (nSPS) is 18.0. The van der Waals surface area contributed by atoms with Gasteiger partial charge < -0.3 is 9.64 Å². The molecule has 0 aromatic heterocycles. The maximum absolute atomic E-state index is 12.9. The molecule has 1 aliphatic heterocycles. The Hall–Kier alpha value is -1.76. The Balaban J connectivity index is 1.75. The van der Waals surface area contributed by atoms with Crippen molar-refractivity contribution >= 4 is 38.9 Å². The average Bonchev–Trinajstić information content (AvgIpc) is 2.99. The lowest BCUT2D eigenvalue weighted by Gasteiger charge is -2.28. The van der Waals surface area contributed by atoms with E-state index >= 15 is 0 Å². The number of hydrogen-bond donors (Lipinski definition) is 0. The third-order valence-electron chi connectivity index (χ3n) is 4.72. The van der Waals surface area contributed by atoms with Crippen molar-refractivity contribution in [2.24, 2.45) is 0 Å². The summed E-state index contributed by atoms with van der Waals surface area (Å²) < 4.78 is 29.5. The number of amides is 1. The van der Waals surface area contributed by atoms with Crippen LogP contribution in [0.5, 0.6) is 5.75 Å². The molecular formula is C20H21Cl2NO4S. The summed E-state index contributed by atoms with van der Waals surface area (Å²) >= 11 is 11.9. The van der Waals surface area contributed by atoms with Crippen LogP contribution in [0.4, 0.5) is 0 Å². The summed E-state index contributed by atoms with van der Waals surface area (Å²) in [5, 5.41) is 1.20. The largest absolute Gasteiger partial charge is 0.483 e. The van der Waals surface area contributed by atoms with Gasteiger partial charge >= 0.3 is 0 Å². The molecule has 0 unspecified atom stereocenters. The molecule has 0 bridgehead atoms. The first kappa shape index (κ1) is 21.0. The number of rotatable bonds is 6. The highest BCUT2D eigenvalue weighted by atomic mass is 35.5. The van der Waals surface area contributed by atoms with Crippen molar-refractivity contribution in [1.82, 2.24) is 4.90 Å². The van der Waals surface area contributed by atoms with E-state index < -0.39 is 9.84 Å². The van der Waals surface area contributed by atoms with Gasteiger partial charge in [-0.3, -0.25) is 4.79 Å². The quantitative estimate of drug-likeness (QED) is 0.681. The maximum atomic E-state index is 12.9. The lowest BCUT2D eigenvalue weighted by Crippen LogP contribution is -2.43. The molecular weight excluding hydrogens is 421 g/mol. The van der Waals surface area contributed by atoms with E-state index in [1.54, 1.807) is 35.2 Å². The molecule has 1 saturated heterocycles. The summed E-state index contributed by atoms with van der Waals surface area (Å²) in [4.78, 5) is 14.5. The highest BCUT2D eigenvalue weighted by Gasteiger charge is 2.34. The van der Waals surface area contributed by atoms with E-state index in [0.29, 0.717) is 28.8 Å². The second-order valence-corrected chi connectivity index (χ2v) is 10.0. The first-order valence-corrected chi connectivity index (χ1v) is 11.4. The first-order valence-electron chi connectivity index (χ1n) is 8.87. The zero-order valence-electron chi connectivity index (χ0n) is 15.4. The van der Waals surface area contributed by atoms with E-state index in [1.165, 1.54) is 0 Å².